The highest BCUT2D eigenvalue weighted by atomic mass is 35.5. The standard InChI is InChI=1S/C15H17ClF3NS/c16-12-2-1-3-13(9-12)20-14(21)8-10-4-6-11(7-5-10)15(17,18)19/h1-3,9-11H,4-8H2,(H,20,21). The van der Waals surface area contributed by atoms with E-state index in [1.165, 1.54) is 0 Å². The summed E-state index contributed by atoms with van der Waals surface area (Å²) in [6, 6.07) is 7.12. The van der Waals surface area contributed by atoms with E-state index in [-0.39, 0.29) is 18.8 Å². The van der Waals surface area contributed by atoms with E-state index in [1.54, 1.807) is 18.2 Å². The molecule has 0 atom stereocenters. The SMILES string of the molecule is FC(F)(F)C1CCC(C/C(S)=N\c2cccc(Cl)c2)CC1. The summed E-state index contributed by atoms with van der Waals surface area (Å²) in [4.78, 5) is 4.36. The molecule has 2 rings (SSSR count). The molecule has 1 aliphatic rings. The van der Waals surface area contributed by atoms with E-state index in [9.17, 15) is 13.2 Å². The van der Waals surface area contributed by atoms with Crippen LogP contribution in [0.3, 0.4) is 0 Å². The van der Waals surface area contributed by atoms with Gasteiger partial charge in [0.1, 0.15) is 0 Å². The Hall–Kier alpha value is -0.680. The third-order valence-electron chi connectivity index (χ3n) is 3.85. The molecule has 116 valence electrons. The number of halogens is 4. The van der Waals surface area contributed by atoms with Crippen molar-refractivity contribution in [2.75, 3.05) is 0 Å². The lowest BCUT2D eigenvalue weighted by Gasteiger charge is -2.29. The Morgan fingerprint density at radius 1 is 1.24 bits per heavy atom. The molecular formula is C15H17ClF3NS. The zero-order valence-corrected chi connectivity index (χ0v) is 13.1. The molecule has 0 heterocycles. The number of rotatable bonds is 3. The number of hydrogen-bond acceptors (Lipinski definition) is 1. The van der Waals surface area contributed by atoms with Gasteiger partial charge in [0.05, 0.1) is 16.6 Å². The smallest absolute Gasteiger partial charge is 0.247 e. The molecule has 0 saturated heterocycles. The van der Waals surface area contributed by atoms with Crippen LogP contribution in [0.15, 0.2) is 29.3 Å². The van der Waals surface area contributed by atoms with E-state index in [2.05, 4.69) is 17.6 Å². The van der Waals surface area contributed by atoms with Gasteiger partial charge in [0.25, 0.3) is 0 Å². The first kappa shape index (κ1) is 16.7. The molecule has 0 N–H and O–H groups in total. The molecule has 0 aliphatic heterocycles. The molecule has 0 unspecified atom stereocenters. The summed E-state index contributed by atoms with van der Waals surface area (Å²) in [6.07, 6.45) is -1.83. The minimum atomic E-state index is -4.05. The van der Waals surface area contributed by atoms with Gasteiger partial charge in [0, 0.05) is 5.02 Å². The summed E-state index contributed by atoms with van der Waals surface area (Å²) >= 11 is 10.2. The molecule has 1 aliphatic carbocycles. The van der Waals surface area contributed by atoms with Crippen molar-refractivity contribution in [2.45, 2.75) is 38.3 Å². The maximum atomic E-state index is 12.6. The minimum Gasteiger partial charge on any atom is -0.247 e. The molecule has 1 aromatic rings. The van der Waals surface area contributed by atoms with Gasteiger partial charge in [-0.2, -0.15) is 13.2 Å². The van der Waals surface area contributed by atoms with E-state index < -0.39 is 12.1 Å². The molecule has 0 amide bonds. The van der Waals surface area contributed by atoms with Crippen LogP contribution >= 0.6 is 24.2 Å². The van der Waals surface area contributed by atoms with Crippen molar-refractivity contribution in [3.05, 3.63) is 29.3 Å². The van der Waals surface area contributed by atoms with Crippen molar-refractivity contribution in [3.8, 4) is 0 Å². The molecule has 1 saturated carbocycles. The minimum absolute atomic E-state index is 0.215. The predicted octanol–water partition coefficient (Wildman–Crippen LogP) is 6.06. The second-order valence-corrected chi connectivity index (χ2v) is 6.42. The Labute approximate surface area is 133 Å². The third kappa shape index (κ3) is 5.22. The average Bonchev–Trinajstić information content (AvgIpc) is 2.38. The third-order valence-corrected chi connectivity index (χ3v) is 4.36. The van der Waals surface area contributed by atoms with Crippen LogP contribution in [0.4, 0.5) is 18.9 Å². The van der Waals surface area contributed by atoms with Crippen molar-refractivity contribution >= 4 is 35.0 Å². The monoisotopic (exact) mass is 335 g/mol. The second-order valence-electron chi connectivity index (χ2n) is 5.47. The first-order valence-electron chi connectivity index (χ1n) is 6.93. The van der Waals surface area contributed by atoms with Crippen LogP contribution in [-0.2, 0) is 0 Å². The van der Waals surface area contributed by atoms with Crippen molar-refractivity contribution in [3.63, 3.8) is 0 Å². The molecule has 1 aromatic carbocycles. The fraction of sp³-hybridized carbons (Fsp3) is 0.533. The van der Waals surface area contributed by atoms with Gasteiger partial charge in [0.15, 0.2) is 0 Å². The summed E-state index contributed by atoms with van der Waals surface area (Å²) in [5.41, 5.74) is 0.719. The van der Waals surface area contributed by atoms with Crippen molar-refractivity contribution in [2.24, 2.45) is 16.8 Å². The van der Waals surface area contributed by atoms with Gasteiger partial charge < -0.3 is 0 Å². The van der Waals surface area contributed by atoms with Gasteiger partial charge in [-0.1, -0.05) is 17.7 Å². The first-order valence-corrected chi connectivity index (χ1v) is 7.76. The van der Waals surface area contributed by atoms with Crippen LogP contribution in [0.5, 0.6) is 0 Å². The number of nitrogens with zero attached hydrogens (tertiary/aromatic N) is 1. The molecule has 0 radical (unpaired) electrons. The molecule has 21 heavy (non-hydrogen) atoms. The Morgan fingerprint density at radius 2 is 1.90 bits per heavy atom. The topological polar surface area (TPSA) is 12.4 Å². The molecule has 0 aromatic heterocycles. The van der Waals surface area contributed by atoms with Crippen LogP contribution in [0.25, 0.3) is 0 Å². The van der Waals surface area contributed by atoms with E-state index in [4.69, 9.17) is 11.6 Å². The summed E-state index contributed by atoms with van der Waals surface area (Å²) in [7, 11) is 0. The van der Waals surface area contributed by atoms with Gasteiger partial charge in [-0.15, -0.1) is 12.6 Å². The Morgan fingerprint density at radius 3 is 2.48 bits per heavy atom. The van der Waals surface area contributed by atoms with Crippen molar-refractivity contribution in [1.82, 2.24) is 0 Å². The Balaban J connectivity index is 1.88. The lowest BCUT2D eigenvalue weighted by Crippen LogP contribution is -2.28. The second kappa shape index (κ2) is 7.05. The van der Waals surface area contributed by atoms with Crippen LogP contribution in [-0.4, -0.2) is 11.2 Å². The van der Waals surface area contributed by atoms with E-state index in [0.29, 0.717) is 29.3 Å². The number of alkyl halides is 3. The van der Waals surface area contributed by atoms with Crippen LogP contribution in [0.1, 0.15) is 32.1 Å². The zero-order chi connectivity index (χ0) is 15.5. The van der Waals surface area contributed by atoms with Gasteiger partial charge in [-0.25, -0.2) is 4.99 Å². The molecular weight excluding hydrogens is 319 g/mol. The maximum Gasteiger partial charge on any atom is 0.391 e. The first-order chi connectivity index (χ1) is 9.84. The van der Waals surface area contributed by atoms with Gasteiger partial charge >= 0.3 is 6.18 Å². The lowest BCUT2D eigenvalue weighted by atomic mass is 9.80. The summed E-state index contributed by atoms with van der Waals surface area (Å²) in [5, 5.41) is 1.25. The highest BCUT2D eigenvalue weighted by Crippen LogP contribution is 2.40. The fourth-order valence-corrected chi connectivity index (χ4v) is 3.25. The number of aliphatic imine (C=N–C) groups is 1. The number of benzene rings is 1. The summed E-state index contributed by atoms with van der Waals surface area (Å²) < 4.78 is 37.8. The Bertz CT molecular complexity index is 508. The Kier molecular flexibility index (Phi) is 5.60. The highest BCUT2D eigenvalue weighted by Gasteiger charge is 2.41. The lowest BCUT2D eigenvalue weighted by molar-refractivity contribution is -0.183. The molecule has 6 heteroatoms. The van der Waals surface area contributed by atoms with Crippen molar-refractivity contribution in [1.29, 1.82) is 0 Å². The molecule has 0 bridgehead atoms. The van der Waals surface area contributed by atoms with E-state index in [1.807, 2.05) is 6.07 Å². The quantitative estimate of drug-likeness (QED) is 0.391. The summed E-state index contributed by atoms with van der Waals surface area (Å²) in [6.45, 7) is 0. The molecule has 1 nitrogen and oxygen atoms in total. The fourth-order valence-electron chi connectivity index (χ4n) is 2.69. The van der Waals surface area contributed by atoms with E-state index >= 15 is 0 Å². The van der Waals surface area contributed by atoms with E-state index in [0.717, 1.165) is 5.69 Å². The van der Waals surface area contributed by atoms with Gasteiger partial charge in [0.2, 0.25) is 0 Å². The molecule has 1 fully saturated rings. The van der Waals surface area contributed by atoms with Crippen LogP contribution in [0.2, 0.25) is 5.02 Å². The van der Waals surface area contributed by atoms with Gasteiger partial charge in [-0.3, -0.25) is 0 Å². The van der Waals surface area contributed by atoms with Gasteiger partial charge in [-0.05, 0) is 56.2 Å². The largest absolute Gasteiger partial charge is 0.391 e. The predicted molar refractivity (Wildman–Crippen MR) is 83.7 cm³/mol. The average molecular weight is 336 g/mol. The highest BCUT2D eigenvalue weighted by molar-refractivity contribution is 7.97. The number of thiol groups is 1. The zero-order valence-electron chi connectivity index (χ0n) is 11.4. The summed E-state index contributed by atoms with van der Waals surface area (Å²) in [5.74, 6) is -0.902. The maximum absolute atomic E-state index is 12.6. The van der Waals surface area contributed by atoms with Crippen molar-refractivity contribution < 1.29 is 13.2 Å². The normalized spacial score (nSPS) is 24.1. The number of hydrogen-bond donors (Lipinski definition) is 1. The van der Waals surface area contributed by atoms with Crippen LogP contribution < -0.4 is 0 Å². The van der Waals surface area contributed by atoms with Crippen LogP contribution in [0, 0.1) is 11.8 Å². The molecule has 0 spiro atoms.